The highest BCUT2D eigenvalue weighted by Crippen LogP contribution is 2.35. The number of rotatable bonds is 3. The van der Waals surface area contributed by atoms with Crippen LogP contribution in [0.15, 0.2) is 24.4 Å². The number of aromatic nitrogens is 2. The van der Waals surface area contributed by atoms with Gasteiger partial charge in [-0.05, 0) is 39.8 Å². The van der Waals surface area contributed by atoms with E-state index in [0.29, 0.717) is 5.95 Å². The molecule has 6 nitrogen and oxygen atoms in total. The van der Waals surface area contributed by atoms with Crippen LogP contribution >= 0.6 is 0 Å². The second-order valence-corrected chi connectivity index (χ2v) is 6.29. The van der Waals surface area contributed by atoms with Gasteiger partial charge in [-0.3, -0.25) is 0 Å². The van der Waals surface area contributed by atoms with Crippen LogP contribution in [-0.2, 0) is 0 Å². The van der Waals surface area contributed by atoms with E-state index in [1.807, 2.05) is 39.0 Å². The highest BCUT2D eigenvalue weighted by Gasteiger charge is 2.15. The molecule has 0 radical (unpaired) electrons. The van der Waals surface area contributed by atoms with E-state index in [1.165, 1.54) is 0 Å². The SMILES string of the molecule is CC.Cc1cnc(NC(C)(C)C)nc1Nc1ccc2c(c1)OCO2. The Morgan fingerprint density at radius 2 is 1.79 bits per heavy atom. The van der Waals surface area contributed by atoms with E-state index in [9.17, 15) is 0 Å². The molecule has 2 heterocycles. The van der Waals surface area contributed by atoms with Crippen molar-refractivity contribution in [2.75, 3.05) is 17.4 Å². The number of hydrogen-bond acceptors (Lipinski definition) is 6. The fourth-order valence-electron chi connectivity index (χ4n) is 2.08. The molecule has 1 aliphatic rings. The maximum absolute atomic E-state index is 5.39. The molecule has 0 atom stereocenters. The fourth-order valence-corrected chi connectivity index (χ4v) is 2.08. The lowest BCUT2D eigenvalue weighted by atomic mass is 10.1. The first-order valence-electron chi connectivity index (χ1n) is 8.19. The number of aryl methyl sites for hydroxylation is 1. The third-order valence-corrected chi connectivity index (χ3v) is 3.09. The van der Waals surface area contributed by atoms with E-state index in [-0.39, 0.29) is 12.3 Å². The van der Waals surface area contributed by atoms with E-state index >= 15 is 0 Å². The predicted molar refractivity (Wildman–Crippen MR) is 97.3 cm³/mol. The minimum atomic E-state index is -0.0920. The van der Waals surface area contributed by atoms with Crippen molar-refractivity contribution in [3.63, 3.8) is 0 Å². The smallest absolute Gasteiger partial charge is 0.231 e. The number of anilines is 3. The molecule has 0 saturated heterocycles. The molecule has 6 heteroatoms. The molecular formula is C18H26N4O2. The zero-order valence-corrected chi connectivity index (χ0v) is 15.2. The Labute approximate surface area is 143 Å². The molecule has 1 aromatic heterocycles. The van der Waals surface area contributed by atoms with E-state index in [1.54, 1.807) is 6.20 Å². The monoisotopic (exact) mass is 330 g/mol. The molecule has 24 heavy (non-hydrogen) atoms. The molecule has 2 aromatic rings. The van der Waals surface area contributed by atoms with Crippen LogP contribution in [-0.4, -0.2) is 22.3 Å². The molecule has 1 aromatic carbocycles. The molecular weight excluding hydrogens is 304 g/mol. The van der Waals surface area contributed by atoms with Gasteiger partial charge in [-0.15, -0.1) is 0 Å². The second-order valence-electron chi connectivity index (χ2n) is 6.29. The summed E-state index contributed by atoms with van der Waals surface area (Å²) < 4.78 is 10.7. The van der Waals surface area contributed by atoms with Crippen molar-refractivity contribution >= 4 is 17.5 Å². The summed E-state index contributed by atoms with van der Waals surface area (Å²) in [4.78, 5) is 8.86. The molecule has 2 N–H and O–H groups in total. The number of fused-ring (bicyclic) bond motifs is 1. The third kappa shape index (κ3) is 4.50. The van der Waals surface area contributed by atoms with Gasteiger partial charge in [0.1, 0.15) is 5.82 Å². The van der Waals surface area contributed by atoms with Crippen molar-refractivity contribution in [2.24, 2.45) is 0 Å². The summed E-state index contributed by atoms with van der Waals surface area (Å²) in [5.41, 5.74) is 1.77. The third-order valence-electron chi connectivity index (χ3n) is 3.09. The number of nitrogens with zero attached hydrogens (tertiary/aromatic N) is 2. The Kier molecular flexibility index (Phi) is 5.49. The van der Waals surface area contributed by atoms with Crippen molar-refractivity contribution in [3.8, 4) is 11.5 Å². The van der Waals surface area contributed by atoms with Gasteiger partial charge in [0.25, 0.3) is 0 Å². The molecule has 0 amide bonds. The van der Waals surface area contributed by atoms with Gasteiger partial charge in [-0.25, -0.2) is 4.98 Å². The standard InChI is InChI=1S/C16H20N4O2.C2H6/c1-10-8-17-15(20-16(2,3)4)19-14(10)18-11-5-6-12-13(7-11)22-9-21-12;1-2/h5-8H,9H2,1-4H3,(H2,17,18,19,20);1-2H3. The first-order chi connectivity index (χ1) is 11.4. The molecule has 0 fully saturated rings. The van der Waals surface area contributed by atoms with Crippen molar-refractivity contribution < 1.29 is 9.47 Å². The van der Waals surface area contributed by atoms with Gasteiger partial charge in [0, 0.05) is 29.1 Å². The maximum atomic E-state index is 5.39. The van der Waals surface area contributed by atoms with Gasteiger partial charge >= 0.3 is 0 Å². The quantitative estimate of drug-likeness (QED) is 0.864. The predicted octanol–water partition coefficient (Wildman–Crippen LogP) is 4.49. The fraction of sp³-hybridized carbons (Fsp3) is 0.444. The zero-order chi connectivity index (χ0) is 17.7. The number of ether oxygens (including phenoxy) is 2. The summed E-state index contributed by atoms with van der Waals surface area (Å²) in [6.07, 6.45) is 1.80. The molecule has 0 spiro atoms. The van der Waals surface area contributed by atoms with Crippen LogP contribution in [0.25, 0.3) is 0 Å². The zero-order valence-electron chi connectivity index (χ0n) is 15.2. The highest BCUT2D eigenvalue weighted by molar-refractivity contribution is 5.64. The molecule has 1 aliphatic heterocycles. The van der Waals surface area contributed by atoms with Crippen LogP contribution in [0.4, 0.5) is 17.5 Å². The second kappa shape index (κ2) is 7.38. The normalized spacial score (nSPS) is 12.2. The molecule has 0 aliphatic carbocycles. The number of nitrogens with one attached hydrogen (secondary N) is 2. The summed E-state index contributed by atoms with van der Waals surface area (Å²) in [6, 6.07) is 5.72. The van der Waals surface area contributed by atoms with E-state index in [0.717, 1.165) is 28.6 Å². The Bertz CT molecular complexity index is 696. The summed E-state index contributed by atoms with van der Waals surface area (Å²) in [5, 5.41) is 6.57. The topological polar surface area (TPSA) is 68.3 Å². The van der Waals surface area contributed by atoms with Gasteiger partial charge in [0.05, 0.1) is 0 Å². The van der Waals surface area contributed by atoms with Crippen LogP contribution in [0.3, 0.4) is 0 Å². The van der Waals surface area contributed by atoms with Gasteiger partial charge in [0.15, 0.2) is 11.5 Å². The van der Waals surface area contributed by atoms with Crippen LogP contribution in [0.5, 0.6) is 11.5 Å². The maximum Gasteiger partial charge on any atom is 0.231 e. The molecule has 130 valence electrons. The first-order valence-corrected chi connectivity index (χ1v) is 8.19. The average molecular weight is 330 g/mol. The molecule has 0 saturated carbocycles. The Hall–Kier alpha value is -2.50. The van der Waals surface area contributed by atoms with Gasteiger partial charge in [0.2, 0.25) is 12.7 Å². The van der Waals surface area contributed by atoms with Crippen LogP contribution in [0.2, 0.25) is 0 Å². The van der Waals surface area contributed by atoms with Crippen molar-refractivity contribution in [2.45, 2.75) is 47.1 Å². The Morgan fingerprint density at radius 1 is 1.08 bits per heavy atom. The Morgan fingerprint density at radius 3 is 2.50 bits per heavy atom. The van der Waals surface area contributed by atoms with Gasteiger partial charge in [-0.1, -0.05) is 13.8 Å². The van der Waals surface area contributed by atoms with Crippen molar-refractivity contribution in [1.82, 2.24) is 9.97 Å². The lowest BCUT2D eigenvalue weighted by Gasteiger charge is -2.21. The number of benzene rings is 1. The van der Waals surface area contributed by atoms with E-state index in [4.69, 9.17) is 9.47 Å². The van der Waals surface area contributed by atoms with Crippen LogP contribution in [0, 0.1) is 6.92 Å². The van der Waals surface area contributed by atoms with E-state index in [2.05, 4.69) is 41.4 Å². The van der Waals surface area contributed by atoms with Crippen molar-refractivity contribution in [3.05, 3.63) is 30.0 Å². The summed E-state index contributed by atoms with van der Waals surface area (Å²) in [5.74, 6) is 2.87. The lowest BCUT2D eigenvalue weighted by Crippen LogP contribution is -2.27. The minimum Gasteiger partial charge on any atom is -0.454 e. The average Bonchev–Trinajstić information content (AvgIpc) is 2.99. The molecule has 0 bridgehead atoms. The van der Waals surface area contributed by atoms with E-state index < -0.39 is 0 Å². The number of hydrogen-bond donors (Lipinski definition) is 2. The first kappa shape index (κ1) is 17.8. The van der Waals surface area contributed by atoms with Crippen molar-refractivity contribution in [1.29, 1.82) is 0 Å². The highest BCUT2D eigenvalue weighted by atomic mass is 16.7. The Balaban J connectivity index is 0.00000100. The summed E-state index contributed by atoms with van der Waals surface area (Å²) in [7, 11) is 0. The lowest BCUT2D eigenvalue weighted by molar-refractivity contribution is 0.174. The van der Waals surface area contributed by atoms with Gasteiger partial charge in [-0.2, -0.15) is 4.98 Å². The molecule has 0 unspecified atom stereocenters. The summed E-state index contributed by atoms with van der Waals surface area (Å²) in [6.45, 7) is 12.4. The van der Waals surface area contributed by atoms with Crippen LogP contribution in [0.1, 0.15) is 40.2 Å². The van der Waals surface area contributed by atoms with Gasteiger partial charge < -0.3 is 20.1 Å². The van der Waals surface area contributed by atoms with Crippen LogP contribution < -0.4 is 20.1 Å². The summed E-state index contributed by atoms with van der Waals surface area (Å²) >= 11 is 0. The minimum absolute atomic E-state index is 0.0920. The molecule has 3 rings (SSSR count). The largest absolute Gasteiger partial charge is 0.454 e.